The number of hydrogen-bond acceptors (Lipinski definition) is 2. The number of nitrogens with zero attached hydrogens (tertiary/aromatic N) is 1. The highest BCUT2D eigenvalue weighted by Gasteiger charge is 2.11. The van der Waals surface area contributed by atoms with Crippen LogP contribution >= 0.6 is 15.9 Å². The van der Waals surface area contributed by atoms with Gasteiger partial charge in [0.05, 0.1) is 16.6 Å². The summed E-state index contributed by atoms with van der Waals surface area (Å²) in [6, 6.07) is 15.0. The Morgan fingerprint density at radius 2 is 1.90 bits per heavy atom. The quantitative estimate of drug-likeness (QED) is 0.756. The lowest BCUT2D eigenvalue weighted by molar-refractivity contribution is 0.295. The lowest BCUT2D eigenvalue weighted by atomic mass is 10.1. The van der Waals surface area contributed by atoms with Crippen LogP contribution in [-0.4, -0.2) is 6.61 Å². The van der Waals surface area contributed by atoms with Gasteiger partial charge in [0, 0.05) is 0 Å². The summed E-state index contributed by atoms with van der Waals surface area (Å²) >= 11 is 3.06. The summed E-state index contributed by atoms with van der Waals surface area (Å²) in [5.74, 6) is -0.354. The van der Waals surface area contributed by atoms with E-state index in [1.54, 1.807) is 6.07 Å². The van der Waals surface area contributed by atoms with E-state index in [0.29, 0.717) is 6.61 Å². The fourth-order valence-corrected chi connectivity index (χ4v) is 2.25. The molecule has 0 saturated carbocycles. The number of halogens is 2. The molecule has 0 saturated heterocycles. The van der Waals surface area contributed by atoms with Crippen LogP contribution in [0.2, 0.25) is 0 Å². The molecule has 2 aromatic carbocycles. The van der Waals surface area contributed by atoms with Crippen LogP contribution in [-0.2, 0) is 6.42 Å². The average Bonchev–Trinajstić information content (AvgIpc) is 2.49. The molecule has 2 nitrogen and oxygen atoms in total. The van der Waals surface area contributed by atoms with Crippen molar-refractivity contribution in [2.75, 3.05) is 6.61 Å². The molecule has 0 aromatic heterocycles. The molecule has 4 heteroatoms. The molecule has 102 valence electrons. The van der Waals surface area contributed by atoms with Gasteiger partial charge in [-0.2, -0.15) is 5.26 Å². The Morgan fingerprint density at radius 3 is 2.60 bits per heavy atom. The molecule has 0 aliphatic heterocycles. The first-order valence-electron chi connectivity index (χ1n) is 6.27. The van der Waals surface area contributed by atoms with Crippen molar-refractivity contribution in [3.05, 3.63) is 63.9 Å². The van der Waals surface area contributed by atoms with Gasteiger partial charge in [0.2, 0.25) is 0 Å². The molecule has 0 fully saturated rings. The molecular formula is C16H13BrFNO. The van der Waals surface area contributed by atoms with Gasteiger partial charge in [-0.15, -0.1) is 0 Å². The van der Waals surface area contributed by atoms with Crippen molar-refractivity contribution in [1.29, 1.82) is 5.26 Å². The third kappa shape index (κ3) is 3.58. The molecule has 0 bridgehead atoms. The van der Waals surface area contributed by atoms with E-state index in [4.69, 9.17) is 10.00 Å². The third-order valence-corrected chi connectivity index (χ3v) is 3.65. The first kappa shape index (κ1) is 14.5. The summed E-state index contributed by atoms with van der Waals surface area (Å²) < 4.78 is 19.5. The fraction of sp³-hybridized carbons (Fsp3) is 0.188. The second-order valence-electron chi connectivity index (χ2n) is 4.29. The Hall–Kier alpha value is -1.86. The zero-order chi connectivity index (χ0) is 14.4. The summed E-state index contributed by atoms with van der Waals surface area (Å²) in [6.45, 7) is 0.435. The summed E-state index contributed by atoms with van der Waals surface area (Å²) in [4.78, 5) is 0. The summed E-state index contributed by atoms with van der Waals surface area (Å²) in [6.07, 6.45) is 1.70. The Kier molecular flexibility index (Phi) is 5.14. The van der Waals surface area contributed by atoms with Crippen molar-refractivity contribution in [1.82, 2.24) is 0 Å². The molecule has 0 N–H and O–H groups in total. The van der Waals surface area contributed by atoms with E-state index >= 15 is 0 Å². The van der Waals surface area contributed by atoms with Gasteiger partial charge in [0.25, 0.3) is 0 Å². The minimum Gasteiger partial charge on any atom is -0.490 e. The van der Waals surface area contributed by atoms with Crippen molar-refractivity contribution >= 4 is 15.9 Å². The number of benzene rings is 2. The Morgan fingerprint density at radius 1 is 1.15 bits per heavy atom. The number of rotatable bonds is 5. The maximum Gasteiger partial charge on any atom is 0.180 e. The second-order valence-corrected chi connectivity index (χ2v) is 5.08. The Labute approximate surface area is 125 Å². The van der Waals surface area contributed by atoms with E-state index < -0.39 is 5.82 Å². The molecular weight excluding hydrogens is 321 g/mol. The minimum atomic E-state index is -0.524. The minimum absolute atomic E-state index is 0.153. The molecule has 0 atom stereocenters. The standard InChI is InChI=1S/C16H13BrFNO/c17-15-13(11-19)8-9-14(16(15)18)20-10-4-7-12-5-2-1-3-6-12/h1-3,5-6,8-9H,4,7,10H2. The van der Waals surface area contributed by atoms with Gasteiger partial charge in [-0.3, -0.25) is 0 Å². The highest BCUT2D eigenvalue weighted by Crippen LogP contribution is 2.28. The van der Waals surface area contributed by atoms with Crippen LogP contribution in [0.15, 0.2) is 46.9 Å². The molecule has 0 amide bonds. The highest BCUT2D eigenvalue weighted by molar-refractivity contribution is 9.10. The zero-order valence-electron chi connectivity index (χ0n) is 10.8. The first-order chi connectivity index (χ1) is 9.72. The smallest absolute Gasteiger partial charge is 0.180 e. The van der Waals surface area contributed by atoms with E-state index in [9.17, 15) is 4.39 Å². The SMILES string of the molecule is N#Cc1ccc(OCCCc2ccccc2)c(F)c1Br. The van der Waals surface area contributed by atoms with E-state index in [0.717, 1.165) is 12.8 Å². The topological polar surface area (TPSA) is 33.0 Å². The van der Waals surface area contributed by atoms with Crippen LogP contribution in [0.4, 0.5) is 4.39 Å². The molecule has 0 spiro atoms. The zero-order valence-corrected chi connectivity index (χ0v) is 12.4. The number of nitriles is 1. The number of hydrogen-bond donors (Lipinski definition) is 0. The summed E-state index contributed by atoms with van der Waals surface area (Å²) in [7, 11) is 0. The van der Waals surface area contributed by atoms with Gasteiger partial charge >= 0.3 is 0 Å². The normalized spacial score (nSPS) is 10.1. The van der Waals surface area contributed by atoms with E-state index in [2.05, 4.69) is 28.1 Å². The van der Waals surface area contributed by atoms with Crippen molar-refractivity contribution in [3.8, 4) is 11.8 Å². The van der Waals surface area contributed by atoms with E-state index in [-0.39, 0.29) is 15.8 Å². The number of ether oxygens (including phenoxy) is 1. The maximum atomic E-state index is 13.9. The molecule has 2 rings (SSSR count). The molecule has 0 radical (unpaired) electrons. The summed E-state index contributed by atoms with van der Waals surface area (Å²) in [5.41, 5.74) is 1.50. The fourth-order valence-electron chi connectivity index (χ4n) is 1.83. The van der Waals surface area contributed by atoms with E-state index in [1.165, 1.54) is 11.6 Å². The van der Waals surface area contributed by atoms with Crippen LogP contribution in [0.25, 0.3) is 0 Å². The van der Waals surface area contributed by atoms with Crippen LogP contribution in [0, 0.1) is 17.1 Å². The number of aryl methyl sites for hydroxylation is 1. The van der Waals surface area contributed by atoms with Gasteiger partial charge in [-0.05, 0) is 46.5 Å². The van der Waals surface area contributed by atoms with Crippen molar-refractivity contribution in [3.63, 3.8) is 0 Å². The van der Waals surface area contributed by atoms with Gasteiger partial charge in [-0.1, -0.05) is 30.3 Å². The predicted molar refractivity (Wildman–Crippen MR) is 79.1 cm³/mol. The van der Waals surface area contributed by atoms with Crippen molar-refractivity contribution in [2.45, 2.75) is 12.8 Å². The lowest BCUT2D eigenvalue weighted by Gasteiger charge is -2.09. The summed E-state index contributed by atoms with van der Waals surface area (Å²) in [5, 5.41) is 8.79. The van der Waals surface area contributed by atoms with Crippen molar-refractivity contribution < 1.29 is 9.13 Å². The second kappa shape index (κ2) is 7.06. The van der Waals surface area contributed by atoms with Crippen LogP contribution in [0.3, 0.4) is 0 Å². The molecule has 2 aromatic rings. The average molecular weight is 334 g/mol. The lowest BCUT2D eigenvalue weighted by Crippen LogP contribution is -2.02. The van der Waals surface area contributed by atoms with Crippen LogP contribution < -0.4 is 4.74 Å². The van der Waals surface area contributed by atoms with E-state index in [1.807, 2.05) is 24.3 Å². The Balaban J connectivity index is 1.89. The van der Waals surface area contributed by atoms with Gasteiger partial charge < -0.3 is 4.74 Å². The monoisotopic (exact) mass is 333 g/mol. The molecule has 0 aliphatic carbocycles. The maximum absolute atomic E-state index is 13.9. The Bertz CT molecular complexity index is 622. The van der Waals surface area contributed by atoms with Gasteiger partial charge in [-0.25, -0.2) is 4.39 Å². The first-order valence-corrected chi connectivity index (χ1v) is 7.06. The molecule has 0 heterocycles. The molecule has 20 heavy (non-hydrogen) atoms. The van der Waals surface area contributed by atoms with Crippen LogP contribution in [0.5, 0.6) is 5.75 Å². The predicted octanol–water partition coefficient (Wildman–Crippen LogP) is 4.47. The van der Waals surface area contributed by atoms with Crippen LogP contribution in [0.1, 0.15) is 17.5 Å². The largest absolute Gasteiger partial charge is 0.490 e. The van der Waals surface area contributed by atoms with Crippen molar-refractivity contribution in [2.24, 2.45) is 0 Å². The van der Waals surface area contributed by atoms with Gasteiger partial charge in [0.15, 0.2) is 11.6 Å². The van der Waals surface area contributed by atoms with Gasteiger partial charge in [0.1, 0.15) is 6.07 Å². The molecule has 0 unspecified atom stereocenters. The third-order valence-electron chi connectivity index (χ3n) is 2.88. The molecule has 0 aliphatic rings. The highest BCUT2D eigenvalue weighted by atomic mass is 79.9.